The minimum absolute atomic E-state index is 0.0290. The van der Waals surface area contributed by atoms with Crippen molar-refractivity contribution in [3.63, 3.8) is 0 Å². The van der Waals surface area contributed by atoms with Gasteiger partial charge >= 0.3 is 5.97 Å². The first-order valence-corrected chi connectivity index (χ1v) is 8.69. The van der Waals surface area contributed by atoms with Gasteiger partial charge in [-0.25, -0.2) is 4.79 Å². The number of benzene rings is 1. The Labute approximate surface area is 143 Å². The van der Waals surface area contributed by atoms with E-state index >= 15 is 0 Å². The number of rotatable bonds is 5. The van der Waals surface area contributed by atoms with Crippen molar-refractivity contribution in [2.45, 2.75) is 44.8 Å². The number of para-hydroxylation sites is 1. The van der Waals surface area contributed by atoms with E-state index in [0.29, 0.717) is 5.76 Å². The van der Waals surface area contributed by atoms with Crippen molar-refractivity contribution in [3.8, 4) is 5.75 Å². The van der Waals surface area contributed by atoms with Gasteiger partial charge in [0.2, 0.25) is 5.76 Å². The van der Waals surface area contributed by atoms with Crippen LogP contribution in [0.15, 0.2) is 45.3 Å². The molecule has 122 valence electrons. The number of ether oxygens (including phenoxy) is 2. The van der Waals surface area contributed by atoms with Crippen molar-refractivity contribution < 1.29 is 18.7 Å². The van der Waals surface area contributed by atoms with Crippen molar-refractivity contribution >= 4 is 21.9 Å². The van der Waals surface area contributed by atoms with Gasteiger partial charge in [-0.2, -0.15) is 0 Å². The zero-order chi connectivity index (χ0) is 16.1. The Morgan fingerprint density at radius 1 is 1.13 bits per heavy atom. The van der Waals surface area contributed by atoms with Gasteiger partial charge in [-0.1, -0.05) is 18.6 Å². The third-order valence-electron chi connectivity index (χ3n) is 3.90. The van der Waals surface area contributed by atoms with Gasteiger partial charge in [0, 0.05) is 0 Å². The van der Waals surface area contributed by atoms with E-state index in [0.717, 1.165) is 35.9 Å². The van der Waals surface area contributed by atoms with Gasteiger partial charge in [0.1, 0.15) is 24.2 Å². The highest BCUT2D eigenvalue weighted by Crippen LogP contribution is 2.25. The molecule has 4 nitrogen and oxygen atoms in total. The van der Waals surface area contributed by atoms with E-state index in [1.165, 1.54) is 6.42 Å². The Morgan fingerprint density at radius 2 is 1.91 bits per heavy atom. The molecule has 1 saturated carbocycles. The molecule has 1 heterocycles. The number of halogens is 1. The van der Waals surface area contributed by atoms with E-state index in [9.17, 15) is 4.79 Å². The summed E-state index contributed by atoms with van der Waals surface area (Å²) >= 11 is 3.42. The number of carbonyl (C=O) groups excluding carboxylic acids is 1. The number of hydrogen-bond donors (Lipinski definition) is 0. The average Bonchev–Trinajstić information content (AvgIpc) is 3.04. The molecule has 0 unspecified atom stereocenters. The number of furan rings is 1. The maximum absolute atomic E-state index is 12.1. The van der Waals surface area contributed by atoms with Crippen LogP contribution in [0, 0.1) is 0 Å². The van der Waals surface area contributed by atoms with Gasteiger partial charge in [0.05, 0.1) is 4.47 Å². The third kappa shape index (κ3) is 4.38. The second kappa shape index (κ2) is 7.68. The zero-order valence-electron chi connectivity index (χ0n) is 12.8. The Kier molecular flexibility index (Phi) is 5.39. The first-order valence-electron chi connectivity index (χ1n) is 7.89. The van der Waals surface area contributed by atoms with Crippen molar-refractivity contribution in [1.82, 2.24) is 0 Å². The number of esters is 1. The zero-order valence-corrected chi connectivity index (χ0v) is 14.4. The normalized spacial score (nSPS) is 15.3. The van der Waals surface area contributed by atoms with Crippen LogP contribution < -0.4 is 4.74 Å². The maximum atomic E-state index is 12.1. The van der Waals surface area contributed by atoms with Crippen LogP contribution in [0.4, 0.5) is 0 Å². The fourth-order valence-electron chi connectivity index (χ4n) is 2.67. The molecule has 1 aromatic carbocycles. The molecule has 0 radical (unpaired) electrons. The summed E-state index contributed by atoms with van der Waals surface area (Å²) in [5, 5.41) is 0. The van der Waals surface area contributed by atoms with E-state index in [1.807, 2.05) is 24.3 Å². The summed E-state index contributed by atoms with van der Waals surface area (Å²) in [5.41, 5.74) is 0. The summed E-state index contributed by atoms with van der Waals surface area (Å²) in [4.78, 5) is 12.1. The number of carbonyl (C=O) groups is 1. The van der Waals surface area contributed by atoms with Crippen LogP contribution in [0.2, 0.25) is 0 Å². The van der Waals surface area contributed by atoms with E-state index < -0.39 is 0 Å². The molecule has 3 rings (SSSR count). The molecule has 0 aliphatic heterocycles. The van der Waals surface area contributed by atoms with Crippen LogP contribution >= 0.6 is 15.9 Å². The molecule has 1 aliphatic carbocycles. The standard InChI is InChI=1S/C18H19BrO4/c19-15-8-4-5-9-16(15)21-12-14-10-11-17(22-14)18(20)23-13-6-2-1-3-7-13/h4-5,8-11,13H,1-3,6-7,12H2. The first kappa shape index (κ1) is 16.1. The lowest BCUT2D eigenvalue weighted by atomic mass is 9.98. The Hall–Kier alpha value is -1.75. The molecule has 0 atom stereocenters. The summed E-state index contributed by atoms with van der Waals surface area (Å²) in [6.07, 6.45) is 5.41. The molecule has 2 aromatic rings. The third-order valence-corrected chi connectivity index (χ3v) is 4.55. The molecule has 1 aromatic heterocycles. The SMILES string of the molecule is O=C(OC1CCCCC1)c1ccc(COc2ccccc2Br)o1. The predicted molar refractivity (Wildman–Crippen MR) is 89.5 cm³/mol. The quantitative estimate of drug-likeness (QED) is 0.678. The molecule has 0 N–H and O–H groups in total. The highest BCUT2D eigenvalue weighted by Gasteiger charge is 2.21. The summed E-state index contributed by atoms with van der Waals surface area (Å²) in [6.45, 7) is 0.263. The molecular formula is C18H19BrO4. The maximum Gasteiger partial charge on any atom is 0.374 e. The van der Waals surface area contributed by atoms with E-state index in [1.54, 1.807) is 12.1 Å². The molecule has 23 heavy (non-hydrogen) atoms. The highest BCUT2D eigenvalue weighted by molar-refractivity contribution is 9.10. The van der Waals surface area contributed by atoms with Gasteiger partial charge in [-0.3, -0.25) is 0 Å². The minimum Gasteiger partial charge on any atom is -0.484 e. The van der Waals surface area contributed by atoms with Crippen LogP contribution in [-0.4, -0.2) is 12.1 Å². The summed E-state index contributed by atoms with van der Waals surface area (Å²) in [6, 6.07) is 11.0. The van der Waals surface area contributed by atoms with Crippen LogP contribution in [0.3, 0.4) is 0 Å². The molecule has 1 fully saturated rings. The second-order valence-corrected chi connectivity index (χ2v) is 6.50. The van der Waals surface area contributed by atoms with E-state index in [4.69, 9.17) is 13.9 Å². The Morgan fingerprint density at radius 3 is 2.70 bits per heavy atom. The van der Waals surface area contributed by atoms with Gasteiger partial charge in [-0.05, 0) is 65.9 Å². The van der Waals surface area contributed by atoms with Gasteiger partial charge < -0.3 is 13.9 Å². The van der Waals surface area contributed by atoms with Crippen molar-refractivity contribution in [3.05, 3.63) is 52.4 Å². The fraction of sp³-hybridized carbons (Fsp3) is 0.389. The highest BCUT2D eigenvalue weighted by atomic mass is 79.9. The van der Waals surface area contributed by atoms with Crippen LogP contribution in [-0.2, 0) is 11.3 Å². The van der Waals surface area contributed by atoms with Crippen molar-refractivity contribution in [2.75, 3.05) is 0 Å². The first-order chi connectivity index (χ1) is 11.2. The van der Waals surface area contributed by atoms with Crippen molar-refractivity contribution in [2.24, 2.45) is 0 Å². The van der Waals surface area contributed by atoms with Gasteiger partial charge in [0.25, 0.3) is 0 Å². The molecule has 0 spiro atoms. The smallest absolute Gasteiger partial charge is 0.374 e. The lowest BCUT2D eigenvalue weighted by Gasteiger charge is -2.21. The topological polar surface area (TPSA) is 48.7 Å². The van der Waals surface area contributed by atoms with Crippen molar-refractivity contribution in [1.29, 1.82) is 0 Å². The Balaban J connectivity index is 1.55. The van der Waals surface area contributed by atoms with Crippen LogP contribution in [0.1, 0.15) is 48.4 Å². The average molecular weight is 379 g/mol. The number of hydrogen-bond acceptors (Lipinski definition) is 4. The molecule has 1 aliphatic rings. The largest absolute Gasteiger partial charge is 0.484 e. The molecule has 5 heteroatoms. The van der Waals surface area contributed by atoms with Crippen LogP contribution in [0.5, 0.6) is 5.75 Å². The van der Waals surface area contributed by atoms with E-state index in [-0.39, 0.29) is 24.4 Å². The molecule has 0 saturated heterocycles. The lowest BCUT2D eigenvalue weighted by Crippen LogP contribution is -2.20. The summed E-state index contributed by atoms with van der Waals surface area (Å²) in [7, 11) is 0. The molecule has 0 amide bonds. The molecule has 0 bridgehead atoms. The molecular weight excluding hydrogens is 360 g/mol. The van der Waals surface area contributed by atoms with Gasteiger partial charge in [-0.15, -0.1) is 0 Å². The lowest BCUT2D eigenvalue weighted by molar-refractivity contribution is 0.0174. The Bertz CT molecular complexity index is 659. The fourth-order valence-corrected chi connectivity index (χ4v) is 3.07. The minimum atomic E-state index is -0.385. The summed E-state index contributed by atoms with van der Waals surface area (Å²) < 4.78 is 17.6. The monoisotopic (exact) mass is 378 g/mol. The van der Waals surface area contributed by atoms with Crippen LogP contribution in [0.25, 0.3) is 0 Å². The van der Waals surface area contributed by atoms with Gasteiger partial charge in [0.15, 0.2) is 0 Å². The van der Waals surface area contributed by atoms with E-state index in [2.05, 4.69) is 15.9 Å². The predicted octanol–water partition coefficient (Wildman–Crippen LogP) is 5.11. The summed E-state index contributed by atoms with van der Waals surface area (Å²) in [5.74, 6) is 1.18. The second-order valence-electron chi connectivity index (χ2n) is 5.65.